The largest absolute Gasteiger partial charge is 0.506 e. The molecule has 7 heteroatoms. The maximum atomic E-state index is 13.0. The molecule has 2 rings (SSSR count). The second-order valence-electron chi connectivity index (χ2n) is 5.23. The van der Waals surface area contributed by atoms with Gasteiger partial charge in [-0.1, -0.05) is 13.0 Å². The first-order chi connectivity index (χ1) is 10.6. The number of carbonyl (C=O) groups is 2. The predicted molar refractivity (Wildman–Crippen MR) is 75.8 cm³/mol. The summed E-state index contributed by atoms with van der Waals surface area (Å²) >= 11 is 0. The lowest BCUT2D eigenvalue weighted by molar-refractivity contribution is -0.140. The van der Waals surface area contributed by atoms with Gasteiger partial charge in [-0.25, -0.2) is 4.79 Å². The third-order valence-corrected chi connectivity index (χ3v) is 3.86. The highest BCUT2D eigenvalue weighted by Gasteiger charge is 2.40. The zero-order valence-electron chi connectivity index (χ0n) is 12.7. The molecule has 1 aliphatic carbocycles. The van der Waals surface area contributed by atoms with Gasteiger partial charge in [0.15, 0.2) is 5.78 Å². The van der Waals surface area contributed by atoms with Crippen molar-refractivity contribution in [3.8, 4) is 0 Å². The van der Waals surface area contributed by atoms with Crippen molar-refractivity contribution in [1.82, 2.24) is 0 Å². The Morgan fingerprint density at radius 3 is 2.48 bits per heavy atom. The number of alkyl halides is 3. The van der Waals surface area contributed by atoms with Crippen LogP contribution < -0.4 is 0 Å². The summed E-state index contributed by atoms with van der Waals surface area (Å²) < 4.78 is 43.8. The Hall–Kier alpha value is -2.31. The van der Waals surface area contributed by atoms with Crippen molar-refractivity contribution in [2.75, 3.05) is 6.61 Å². The van der Waals surface area contributed by atoms with E-state index in [1.54, 1.807) is 0 Å². The Morgan fingerprint density at radius 2 is 1.96 bits per heavy atom. The lowest BCUT2D eigenvalue weighted by Gasteiger charge is -2.26. The number of hydrogen-bond acceptors (Lipinski definition) is 4. The number of halogens is 3. The Balaban J connectivity index is 2.76. The van der Waals surface area contributed by atoms with Crippen LogP contribution in [0.4, 0.5) is 13.2 Å². The number of aliphatic hydroxyl groups is 1. The van der Waals surface area contributed by atoms with Gasteiger partial charge < -0.3 is 9.84 Å². The summed E-state index contributed by atoms with van der Waals surface area (Å²) in [6, 6.07) is 2.03. The first-order valence-electron chi connectivity index (χ1n) is 6.96. The zero-order chi connectivity index (χ0) is 17.5. The van der Waals surface area contributed by atoms with E-state index in [1.165, 1.54) is 20.8 Å². The highest BCUT2D eigenvalue weighted by molar-refractivity contribution is 6.25. The molecule has 0 aromatic heterocycles. The molecule has 1 atom stereocenters. The molecular weight excluding hydrogens is 313 g/mol. The van der Waals surface area contributed by atoms with Crippen LogP contribution in [-0.2, 0) is 20.5 Å². The van der Waals surface area contributed by atoms with E-state index in [4.69, 9.17) is 4.74 Å². The average Bonchev–Trinajstić information content (AvgIpc) is 2.43. The molecule has 1 aromatic carbocycles. The van der Waals surface area contributed by atoms with Gasteiger partial charge in [-0.05, 0) is 31.0 Å². The topological polar surface area (TPSA) is 63.6 Å². The van der Waals surface area contributed by atoms with E-state index < -0.39 is 40.7 Å². The van der Waals surface area contributed by atoms with Crippen LogP contribution in [0.15, 0.2) is 17.7 Å². The molecule has 0 fully saturated rings. The fraction of sp³-hybridized carbons (Fsp3) is 0.375. The molecule has 0 amide bonds. The third-order valence-electron chi connectivity index (χ3n) is 3.86. The maximum absolute atomic E-state index is 13.0. The number of benzene rings is 1. The van der Waals surface area contributed by atoms with Crippen LogP contribution in [0.25, 0.3) is 5.76 Å². The summed E-state index contributed by atoms with van der Waals surface area (Å²) in [5.41, 5.74) is -1.63. The van der Waals surface area contributed by atoms with Gasteiger partial charge >= 0.3 is 12.1 Å². The number of fused-ring (bicyclic) bond motifs is 1. The first-order valence-corrected chi connectivity index (χ1v) is 6.96. The van der Waals surface area contributed by atoms with E-state index in [0.29, 0.717) is 0 Å². The van der Waals surface area contributed by atoms with Crippen molar-refractivity contribution in [3.63, 3.8) is 0 Å². The van der Waals surface area contributed by atoms with Crippen LogP contribution >= 0.6 is 0 Å². The summed E-state index contributed by atoms with van der Waals surface area (Å²) in [5.74, 6) is -3.32. The van der Waals surface area contributed by atoms with E-state index in [1.807, 2.05) is 0 Å². The summed E-state index contributed by atoms with van der Waals surface area (Å²) in [4.78, 5) is 24.2. The Labute approximate surface area is 130 Å². The molecule has 0 radical (unpaired) electrons. The van der Waals surface area contributed by atoms with Crippen LogP contribution in [0.3, 0.4) is 0 Å². The minimum absolute atomic E-state index is 0.0221. The number of aliphatic hydroxyl groups excluding tert-OH is 1. The smallest absolute Gasteiger partial charge is 0.416 e. The molecule has 1 aromatic rings. The van der Waals surface area contributed by atoms with Crippen molar-refractivity contribution < 1.29 is 32.6 Å². The highest BCUT2D eigenvalue weighted by atomic mass is 19.4. The summed E-state index contributed by atoms with van der Waals surface area (Å²) in [5, 5.41) is 10.3. The van der Waals surface area contributed by atoms with Crippen molar-refractivity contribution in [3.05, 3.63) is 40.0 Å². The fourth-order valence-electron chi connectivity index (χ4n) is 2.71. The van der Waals surface area contributed by atoms with Crippen molar-refractivity contribution in [2.45, 2.75) is 32.9 Å². The molecule has 0 saturated carbocycles. The Morgan fingerprint density at radius 1 is 1.35 bits per heavy atom. The molecule has 0 aliphatic heterocycles. The minimum atomic E-state index is -4.60. The number of Topliss-reactive ketones (excluding diaryl/α,β-unsaturated/α-hetero) is 1. The van der Waals surface area contributed by atoms with Crippen molar-refractivity contribution in [2.24, 2.45) is 0 Å². The number of esters is 1. The normalized spacial score (nSPS) is 18.0. The molecule has 4 nitrogen and oxygen atoms in total. The second kappa shape index (κ2) is 5.72. The number of rotatable bonds is 2. The third kappa shape index (κ3) is 2.71. The van der Waals surface area contributed by atoms with Gasteiger partial charge in [0.05, 0.1) is 12.2 Å². The molecule has 0 spiro atoms. The van der Waals surface area contributed by atoms with Crippen LogP contribution in [0.2, 0.25) is 0 Å². The van der Waals surface area contributed by atoms with Gasteiger partial charge in [-0.3, -0.25) is 4.79 Å². The highest BCUT2D eigenvalue weighted by Crippen LogP contribution is 2.42. The van der Waals surface area contributed by atoms with Crippen LogP contribution in [-0.4, -0.2) is 23.5 Å². The minimum Gasteiger partial charge on any atom is -0.506 e. The van der Waals surface area contributed by atoms with Gasteiger partial charge in [0.2, 0.25) is 0 Å². The van der Waals surface area contributed by atoms with Gasteiger partial charge in [0, 0.05) is 11.5 Å². The monoisotopic (exact) mass is 328 g/mol. The molecule has 1 N–H and O–H groups in total. The van der Waals surface area contributed by atoms with E-state index in [9.17, 15) is 27.9 Å². The SMILES string of the molecule is CCOC(=O)C1=C(O)c2c(ccc(C(F)(F)F)c2C)C(C)C1=O. The molecule has 0 saturated heterocycles. The van der Waals surface area contributed by atoms with E-state index in [0.717, 1.165) is 12.1 Å². The number of hydrogen-bond donors (Lipinski definition) is 1. The van der Waals surface area contributed by atoms with E-state index in [2.05, 4.69) is 0 Å². The first kappa shape index (κ1) is 17.1. The van der Waals surface area contributed by atoms with Crippen LogP contribution in [0.1, 0.15) is 42.0 Å². The summed E-state index contributed by atoms with van der Waals surface area (Å²) in [6.45, 7) is 4.17. The van der Waals surface area contributed by atoms with Gasteiger partial charge in [0.25, 0.3) is 0 Å². The lowest BCUT2D eigenvalue weighted by atomic mass is 9.79. The Kier molecular flexibility index (Phi) is 4.24. The van der Waals surface area contributed by atoms with Crippen LogP contribution in [0.5, 0.6) is 0 Å². The predicted octanol–water partition coefficient (Wildman–Crippen LogP) is 3.53. The molecule has 0 bridgehead atoms. The van der Waals surface area contributed by atoms with Crippen LogP contribution in [0, 0.1) is 6.92 Å². The molecule has 1 aliphatic rings. The molecule has 0 heterocycles. The molecule has 1 unspecified atom stereocenters. The summed E-state index contributed by atoms with van der Waals surface area (Å²) in [6.07, 6.45) is -4.60. The van der Waals surface area contributed by atoms with Gasteiger partial charge in [-0.15, -0.1) is 0 Å². The van der Waals surface area contributed by atoms with Crippen molar-refractivity contribution >= 4 is 17.5 Å². The Bertz CT molecular complexity index is 717. The quantitative estimate of drug-likeness (QED) is 0.666. The number of ketones is 1. The standard InChI is InChI=1S/C16H15F3O4/c1-4-23-15(22)12-13(20)7(2)9-5-6-10(16(17,18)19)8(3)11(9)14(12)21/h5-7,21H,4H2,1-3H3. The zero-order valence-corrected chi connectivity index (χ0v) is 12.7. The van der Waals surface area contributed by atoms with E-state index >= 15 is 0 Å². The lowest BCUT2D eigenvalue weighted by Crippen LogP contribution is -2.27. The summed E-state index contributed by atoms with van der Waals surface area (Å²) in [7, 11) is 0. The average molecular weight is 328 g/mol. The number of ether oxygens (including phenoxy) is 1. The fourth-order valence-corrected chi connectivity index (χ4v) is 2.71. The maximum Gasteiger partial charge on any atom is 0.416 e. The molecular formula is C16H15F3O4. The molecule has 124 valence electrons. The number of carbonyl (C=O) groups excluding carboxylic acids is 2. The second-order valence-corrected chi connectivity index (χ2v) is 5.23. The molecule has 23 heavy (non-hydrogen) atoms. The van der Waals surface area contributed by atoms with Gasteiger partial charge in [0.1, 0.15) is 11.3 Å². The van der Waals surface area contributed by atoms with Gasteiger partial charge in [-0.2, -0.15) is 13.2 Å². The van der Waals surface area contributed by atoms with E-state index in [-0.39, 0.29) is 23.3 Å². The van der Waals surface area contributed by atoms with Crippen molar-refractivity contribution in [1.29, 1.82) is 0 Å².